The highest BCUT2D eigenvalue weighted by Crippen LogP contribution is 2.33. The molecule has 1 N–H and O–H groups in total. The number of hydrogen-bond donors (Lipinski definition) is 1. The summed E-state index contributed by atoms with van der Waals surface area (Å²) in [6.45, 7) is 0. The van der Waals surface area contributed by atoms with E-state index in [4.69, 9.17) is 14.9 Å². The topological polar surface area (TPSA) is 77.2 Å². The van der Waals surface area contributed by atoms with Crippen LogP contribution < -0.4 is 4.74 Å². The lowest BCUT2D eigenvalue weighted by Crippen LogP contribution is -2.00. The molecule has 0 radical (unpaired) electrons. The number of methoxy groups -OCH3 is 1. The maximum atomic E-state index is 11.1. The largest absolute Gasteiger partial charge is 0.497 e. The van der Waals surface area contributed by atoms with Crippen LogP contribution in [0.4, 0.5) is 0 Å². The molecule has 2 heterocycles. The van der Waals surface area contributed by atoms with Gasteiger partial charge in [-0.1, -0.05) is 30.3 Å². The molecule has 0 saturated heterocycles. The van der Waals surface area contributed by atoms with Crippen LogP contribution in [0.3, 0.4) is 0 Å². The Morgan fingerprint density at radius 3 is 2.68 bits per heavy atom. The van der Waals surface area contributed by atoms with Crippen LogP contribution >= 0.6 is 11.3 Å². The Bertz CT molecular complexity index is 1070. The second-order valence-corrected chi connectivity index (χ2v) is 6.17. The Morgan fingerprint density at radius 2 is 2.00 bits per heavy atom. The van der Waals surface area contributed by atoms with E-state index in [0.717, 1.165) is 27.9 Å². The number of ether oxygens (including phenoxy) is 1. The van der Waals surface area contributed by atoms with Crippen LogP contribution in [0.25, 0.3) is 27.3 Å². The molecule has 0 fully saturated rings. The standard InChI is InChI=1S/C18H13N3O3S/c1-24-12-7-8-15-13(9-12)16(11-5-3-2-4-6-11)20-21(15)18-19-14(10-25-18)17(22)23/h2-10H,1H3,(H,22,23). The van der Waals surface area contributed by atoms with Gasteiger partial charge in [0, 0.05) is 16.3 Å². The third-order valence-electron chi connectivity index (χ3n) is 3.83. The van der Waals surface area contributed by atoms with E-state index in [1.165, 1.54) is 16.7 Å². The second-order valence-electron chi connectivity index (χ2n) is 5.33. The van der Waals surface area contributed by atoms with E-state index >= 15 is 0 Å². The molecule has 4 rings (SSSR count). The highest BCUT2D eigenvalue weighted by Gasteiger charge is 2.17. The van der Waals surface area contributed by atoms with Crippen LogP contribution in [-0.2, 0) is 0 Å². The summed E-state index contributed by atoms with van der Waals surface area (Å²) >= 11 is 1.24. The molecule has 0 bridgehead atoms. The van der Waals surface area contributed by atoms with E-state index in [-0.39, 0.29) is 5.69 Å². The van der Waals surface area contributed by atoms with Gasteiger partial charge in [0.15, 0.2) is 5.69 Å². The average Bonchev–Trinajstić information content (AvgIpc) is 3.26. The number of aromatic carboxylic acids is 1. The number of aromatic nitrogens is 3. The quantitative estimate of drug-likeness (QED) is 0.604. The number of nitrogens with zero attached hydrogens (tertiary/aromatic N) is 3. The molecule has 0 saturated carbocycles. The third-order valence-corrected chi connectivity index (χ3v) is 4.64. The van der Waals surface area contributed by atoms with Crippen molar-refractivity contribution in [2.75, 3.05) is 7.11 Å². The minimum absolute atomic E-state index is 0.0124. The number of hydrogen-bond acceptors (Lipinski definition) is 5. The van der Waals surface area contributed by atoms with Gasteiger partial charge in [-0.3, -0.25) is 0 Å². The van der Waals surface area contributed by atoms with E-state index < -0.39 is 5.97 Å². The molecule has 0 aliphatic rings. The fourth-order valence-corrected chi connectivity index (χ4v) is 3.40. The molecule has 0 atom stereocenters. The number of carbonyl (C=O) groups is 1. The van der Waals surface area contributed by atoms with Gasteiger partial charge in [0.05, 0.1) is 12.6 Å². The first-order valence-corrected chi connectivity index (χ1v) is 8.37. The molecular weight excluding hydrogens is 338 g/mol. The number of thiazole rings is 1. The fraction of sp³-hybridized carbons (Fsp3) is 0.0556. The molecule has 0 unspecified atom stereocenters. The lowest BCUT2D eigenvalue weighted by molar-refractivity contribution is 0.0691. The van der Waals surface area contributed by atoms with Gasteiger partial charge in [-0.25, -0.2) is 14.5 Å². The predicted octanol–water partition coefficient (Wildman–Crippen LogP) is 3.86. The highest BCUT2D eigenvalue weighted by molar-refractivity contribution is 7.12. The lowest BCUT2D eigenvalue weighted by Gasteiger charge is -2.01. The minimum Gasteiger partial charge on any atom is -0.497 e. The number of carboxylic acids is 1. The number of rotatable bonds is 4. The van der Waals surface area contributed by atoms with Crippen molar-refractivity contribution in [3.05, 3.63) is 59.6 Å². The maximum absolute atomic E-state index is 11.1. The second kappa shape index (κ2) is 6.03. The maximum Gasteiger partial charge on any atom is 0.355 e. The SMILES string of the molecule is COc1ccc2c(c1)c(-c1ccccc1)nn2-c1nc(C(=O)O)cs1. The van der Waals surface area contributed by atoms with E-state index in [9.17, 15) is 4.79 Å². The van der Waals surface area contributed by atoms with Gasteiger partial charge in [-0.2, -0.15) is 5.10 Å². The zero-order valence-corrected chi connectivity index (χ0v) is 14.0. The summed E-state index contributed by atoms with van der Waals surface area (Å²) < 4.78 is 7.01. The summed E-state index contributed by atoms with van der Waals surface area (Å²) in [6.07, 6.45) is 0. The van der Waals surface area contributed by atoms with Gasteiger partial charge in [0.1, 0.15) is 11.4 Å². The van der Waals surface area contributed by atoms with Crippen LogP contribution in [0.5, 0.6) is 5.75 Å². The number of fused-ring (bicyclic) bond motifs is 1. The zero-order chi connectivity index (χ0) is 17.4. The third kappa shape index (κ3) is 2.64. The lowest BCUT2D eigenvalue weighted by atomic mass is 10.1. The van der Waals surface area contributed by atoms with Crippen molar-refractivity contribution < 1.29 is 14.6 Å². The Kier molecular flexibility index (Phi) is 3.70. The van der Waals surface area contributed by atoms with Gasteiger partial charge in [0.2, 0.25) is 5.13 Å². The van der Waals surface area contributed by atoms with E-state index in [0.29, 0.717) is 5.13 Å². The van der Waals surface area contributed by atoms with E-state index in [2.05, 4.69) is 4.98 Å². The van der Waals surface area contributed by atoms with Gasteiger partial charge >= 0.3 is 5.97 Å². The first-order valence-electron chi connectivity index (χ1n) is 7.49. The van der Waals surface area contributed by atoms with Gasteiger partial charge in [-0.05, 0) is 18.2 Å². The summed E-state index contributed by atoms with van der Waals surface area (Å²) in [5.41, 5.74) is 2.61. The normalized spacial score (nSPS) is 10.9. The summed E-state index contributed by atoms with van der Waals surface area (Å²) in [5, 5.41) is 16.7. The molecule has 25 heavy (non-hydrogen) atoms. The van der Waals surface area contributed by atoms with Crippen molar-refractivity contribution in [1.29, 1.82) is 0 Å². The monoisotopic (exact) mass is 351 g/mol. The summed E-state index contributed by atoms with van der Waals surface area (Å²) in [4.78, 5) is 15.3. The smallest absolute Gasteiger partial charge is 0.355 e. The van der Waals surface area contributed by atoms with Crippen molar-refractivity contribution in [2.24, 2.45) is 0 Å². The summed E-state index contributed by atoms with van der Waals surface area (Å²) in [7, 11) is 1.62. The molecule has 2 aromatic carbocycles. The molecule has 2 aromatic heterocycles. The van der Waals surface area contributed by atoms with Crippen LogP contribution in [0.2, 0.25) is 0 Å². The Hall–Kier alpha value is -3.19. The first-order chi connectivity index (χ1) is 12.2. The van der Waals surface area contributed by atoms with Gasteiger partial charge < -0.3 is 9.84 Å². The average molecular weight is 351 g/mol. The Labute approximate surface area is 146 Å². The fourth-order valence-electron chi connectivity index (χ4n) is 2.64. The summed E-state index contributed by atoms with van der Waals surface area (Å²) in [6, 6.07) is 15.5. The molecule has 6 nitrogen and oxygen atoms in total. The predicted molar refractivity (Wildman–Crippen MR) is 95.7 cm³/mol. The zero-order valence-electron chi connectivity index (χ0n) is 13.2. The van der Waals surface area contributed by atoms with Crippen LogP contribution in [0.1, 0.15) is 10.5 Å². The molecule has 0 aliphatic heterocycles. The van der Waals surface area contributed by atoms with Crippen molar-refractivity contribution in [1.82, 2.24) is 14.8 Å². The van der Waals surface area contributed by atoms with Gasteiger partial charge in [0.25, 0.3) is 0 Å². The first kappa shape index (κ1) is 15.3. The van der Waals surface area contributed by atoms with Crippen LogP contribution in [-0.4, -0.2) is 33.0 Å². The summed E-state index contributed by atoms with van der Waals surface area (Å²) in [5.74, 6) is -0.321. The number of benzene rings is 2. The van der Waals surface area contributed by atoms with Crippen molar-refractivity contribution in [3.63, 3.8) is 0 Å². The van der Waals surface area contributed by atoms with Gasteiger partial charge in [-0.15, -0.1) is 11.3 Å². The van der Waals surface area contributed by atoms with Crippen molar-refractivity contribution in [3.8, 4) is 22.1 Å². The van der Waals surface area contributed by atoms with Crippen LogP contribution in [0.15, 0.2) is 53.9 Å². The molecule has 0 amide bonds. The Balaban J connectivity index is 1.97. The van der Waals surface area contributed by atoms with E-state index in [1.54, 1.807) is 11.8 Å². The number of carboxylic acid groups (broad SMARTS) is 1. The van der Waals surface area contributed by atoms with Crippen molar-refractivity contribution in [2.45, 2.75) is 0 Å². The molecule has 0 aliphatic carbocycles. The van der Waals surface area contributed by atoms with E-state index in [1.807, 2.05) is 48.5 Å². The minimum atomic E-state index is -1.05. The molecule has 4 aromatic rings. The molecule has 7 heteroatoms. The highest BCUT2D eigenvalue weighted by atomic mass is 32.1. The molecule has 0 spiro atoms. The van der Waals surface area contributed by atoms with Crippen LogP contribution in [0, 0.1) is 0 Å². The Morgan fingerprint density at radius 1 is 1.20 bits per heavy atom. The molecule has 124 valence electrons. The molecular formula is C18H13N3O3S. The van der Waals surface area contributed by atoms with Crippen molar-refractivity contribution >= 4 is 28.2 Å².